The molecule has 21 heavy (non-hydrogen) atoms. The first-order valence-corrected chi connectivity index (χ1v) is 7.50. The molecule has 3 rings (SSSR count). The zero-order chi connectivity index (χ0) is 14.7. The first-order chi connectivity index (χ1) is 10.2. The van der Waals surface area contributed by atoms with Crippen molar-refractivity contribution in [1.82, 2.24) is 9.97 Å². The van der Waals surface area contributed by atoms with Gasteiger partial charge in [-0.05, 0) is 36.2 Å². The summed E-state index contributed by atoms with van der Waals surface area (Å²) in [7, 11) is 0. The van der Waals surface area contributed by atoms with E-state index >= 15 is 0 Å². The number of fused-ring (bicyclic) bond motifs is 1. The predicted octanol–water partition coefficient (Wildman–Crippen LogP) is 3.63. The van der Waals surface area contributed by atoms with Crippen LogP contribution >= 0.6 is 15.9 Å². The number of halogens is 1. The maximum absolute atomic E-state index is 6.06. The van der Waals surface area contributed by atoms with Gasteiger partial charge in [0.25, 0.3) is 0 Å². The highest BCUT2D eigenvalue weighted by Gasteiger charge is 2.07. The Bertz CT molecular complexity index is 754. The van der Waals surface area contributed by atoms with Gasteiger partial charge >= 0.3 is 0 Å². The highest BCUT2D eigenvalue weighted by molar-refractivity contribution is 9.10. The number of nitrogen functional groups attached to an aromatic ring is 1. The van der Waals surface area contributed by atoms with E-state index < -0.39 is 0 Å². The van der Waals surface area contributed by atoms with Crippen molar-refractivity contribution in [1.29, 1.82) is 0 Å². The first-order valence-electron chi connectivity index (χ1n) is 6.70. The summed E-state index contributed by atoms with van der Waals surface area (Å²) in [4.78, 5) is 8.47. The van der Waals surface area contributed by atoms with Crippen LogP contribution in [0.5, 0.6) is 0 Å². The molecule has 3 aromatic rings. The SMILES string of the molecule is Nc1cnc2ccc(Br)cc2c1NCCc1cccnc1. The van der Waals surface area contributed by atoms with Gasteiger partial charge in [-0.1, -0.05) is 22.0 Å². The third-order valence-corrected chi connectivity index (χ3v) is 3.79. The molecule has 0 bridgehead atoms. The van der Waals surface area contributed by atoms with E-state index in [0.29, 0.717) is 5.69 Å². The summed E-state index contributed by atoms with van der Waals surface area (Å²) in [6.45, 7) is 0.793. The monoisotopic (exact) mass is 342 g/mol. The number of rotatable bonds is 4. The van der Waals surface area contributed by atoms with Gasteiger partial charge in [-0.3, -0.25) is 9.97 Å². The third kappa shape index (κ3) is 3.13. The molecule has 5 heteroatoms. The molecule has 106 valence electrons. The minimum atomic E-state index is 0.659. The largest absolute Gasteiger partial charge is 0.396 e. The minimum Gasteiger partial charge on any atom is -0.396 e. The fourth-order valence-electron chi connectivity index (χ4n) is 2.26. The van der Waals surface area contributed by atoms with E-state index in [0.717, 1.165) is 34.0 Å². The maximum atomic E-state index is 6.06. The number of nitrogens with zero attached hydrogens (tertiary/aromatic N) is 2. The first kappa shape index (κ1) is 13.8. The summed E-state index contributed by atoms with van der Waals surface area (Å²) in [6.07, 6.45) is 6.25. The number of hydrogen-bond donors (Lipinski definition) is 2. The van der Waals surface area contributed by atoms with Crippen LogP contribution in [0.15, 0.2) is 53.4 Å². The lowest BCUT2D eigenvalue weighted by molar-refractivity contribution is 1.01. The van der Waals surface area contributed by atoms with Crippen molar-refractivity contribution in [2.45, 2.75) is 6.42 Å². The highest BCUT2D eigenvalue weighted by atomic mass is 79.9. The molecule has 0 unspecified atom stereocenters. The second kappa shape index (κ2) is 6.10. The fraction of sp³-hybridized carbons (Fsp3) is 0.125. The number of hydrogen-bond acceptors (Lipinski definition) is 4. The van der Waals surface area contributed by atoms with Gasteiger partial charge in [0.05, 0.1) is 23.1 Å². The molecule has 2 aromatic heterocycles. The number of benzene rings is 1. The summed E-state index contributed by atoms with van der Waals surface area (Å²) in [5.41, 5.74) is 9.78. The van der Waals surface area contributed by atoms with Crippen LogP contribution in [0, 0.1) is 0 Å². The molecule has 0 aliphatic rings. The van der Waals surface area contributed by atoms with E-state index in [1.165, 1.54) is 5.56 Å². The normalized spacial score (nSPS) is 10.7. The number of pyridine rings is 2. The van der Waals surface area contributed by atoms with Crippen molar-refractivity contribution < 1.29 is 0 Å². The van der Waals surface area contributed by atoms with Crippen LogP contribution in [-0.2, 0) is 6.42 Å². The molecule has 3 N–H and O–H groups in total. The molecule has 4 nitrogen and oxygen atoms in total. The number of anilines is 2. The van der Waals surface area contributed by atoms with Crippen LogP contribution < -0.4 is 11.1 Å². The standard InChI is InChI=1S/C16H15BrN4/c17-12-3-4-15-13(8-12)16(14(18)10-21-15)20-7-5-11-2-1-6-19-9-11/h1-4,6,8-10H,5,7,18H2,(H,20,21). The van der Waals surface area contributed by atoms with Gasteiger partial charge in [0.1, 0.15) is 0 Å². The maximum Gasteiger partial charge on any atom is 0.0743 e. The lowest BCUT2D eigenvalue weighted by Crippen LogP contribution is -2.08. The molecule has 0 aliphatic heterocycles. The van der Waals surface area contributed by atoms with E-state index in [1.54, 1.807) is 12.4 Å². The quantitative estimate of drug-likeness (QED) is 0.759. The molecule has 0 saturated heterocycles. The van der Waals surface area contributed by atoms with Gasteiger partial charge in [-0.2, -0.15) is 0 Å². The van der Waals surface area contributed by atoms with E-state index in [1.807, 2.05) is 30.5 Å². The number of aromatic nitrogens is 2. The Kier molecular flexibility index (Phi) is 4.01. The van der Waals surface area contributed by atoms with Crippen LogP contribution in [0.1, 0.15) is 5.56 Å². The summed E-state index contributed by atoms with van der Waals surface area (Å²) in [6, 6.07) is 10.0. The smallest absolute Gasteiger partial charge is 0.0743 e. The Labute approximate surface area is 131 Å². The highest BCUT2D eigenvalue weighted by Crippen LogP contribution is 2.29. The molecule has 0 spiro atoms. The van der Waals surface area contributed by atoms with Gasteiger partial charge in [0, 0.05) is 28.8 Å². The lowest BCUT2D eigenvalue weighted by atomic mass is 10.1. The third-order valence-electron chi connectivity index (χ3n) is 3.30. The Morgan fingerprint density at radius 3 is 2.90 bits per heavy atom. The number of nitrogens with two attached hydrogens (primary N) is 1. The van der Waals surface area contributed by atoms with Crippen LogP contribution in [0.4, 0.5) is 11.4 Å². The zero-order valence-electron chi connectivity index (χ0n) is 11.4. The van der Waals surface area contributed by atoms with Crippen LogP contribution in [-0.4, -0.2) is 16.5 Å². The van der Waals surface area contributed by atoms with Gasteiger partial charge in [0.15, 0.2) is 0 Å². The second-order valence-corrected chi connectivity index (χ2v) is 5.70. The van der Waals surface area contributed by atoms with Crippen molar-refractivity contribution in [2.24, 2.45) is 0 Å². The average molecular weight is 343 g/mol. The van der Waals surface area contributed by atoms with Crippen LogP contribution in [0.3, 0.4) is 0 Å². The molecule has 0 aliphatic carbocycles. The van der Waals surface area contributed by atoms with Gasteiger partial charge in [-0.15, -0.1) is 0 Å². The van der Waals surface area contributed by atoms with Crippen molar-refractivity contribution in [3.63, 3.8) is 0 Å². The van der Waals surface area contributed by atoms with Crippen molar-refractivity contribution >= 4 is 38.2 Å². The van der Waals surface area contributed by atoms with E-state index in [9.17, 15) is 0 Å². The molecule has 0 fully saturated rings. The summed E-state index contributed by atoms with van der Waals surface area (Å²) in [5.74, 6) is 0. The van der Waals surface area contributed by atoms with Crippen LogP contribution in [0.2, 0.25) is 0 Å². The molecule has 0 saturated carbocycles. The van der Waals surface area contributed by atoms with Crippen LogP contribution in [0.25, 0.3) is 10.9 Å². The molecule has 2 heterocycles. The zero-order valence-corrected chi connectivity index (χ0v) is 13.0. The summed E-state index contributed by atoms with van der Waals surface area (Å²) >= 11 is 3.49. The Morgan fingerprint density at radius 2 is 2.10 bits per heavy atom. The van der Waals surface area contributed by atoms with Crippen molar-refractivity contribution in [3.8, 4) is 0 Å². The number of nitrogens with one attached hydrogen (secondary N) is 1. The Morgan fingerprint density at radius 1 is 1.19 bits per heavy atom. The average Bonchev–Trinajstić information content (AvgIpc) is 2.50. The van der Waals surface area contributed by atoms with Gasteiger partial charge in [0.2, 0.25) is 0 Å². The second-order valence-electron chi connectivity index (χ2n) is 4.79. The van der Waals surface area contributed by atoms with Crippen molar-refractivity contribution in [2.75, 3.05) is 17.6 Å². The van der Waals surface area contributed by atoms with Crippen molar-refractivity contribution in [3.05, 3.63) is 59.0 Å². The molecular weight excluding hydrogens is 328 g/mol. The molecule has 1 aromatic carbocycles. The molecule has 0 radical (unpaired) electrons. The van der Waals surface area contributed by atoms with E-state index in [-0.39, 0.29) is 0 Å². The molecule has 0 amide bonds. The molecular formula is C16H15BrN4. The van der Waals surface area contributed by atoms with E-state index in [2.05, 4.69) is 37.3 Å². The lowest BCUT2D eigenvalue weighted by Gasteiger charge is -2.12. The summed E-state index contributed by atoms with van der Waals surface area (Å²) in [5, 5.41) is 4.44. The Balaban J connectivity index is 1.83. The van der Waals surface area contributed by atoms with E-state index in [4.69, 9.17) is 5.73 Å². The Hall–Kier alpha value is -2.14. The predicted molar refractivity (Wildman–Crippen MR) is 90.3 cm³/mol. The van der Waals surface area contributed by atoms with Gasteiger partial charge in [-0.25, -0.2) is 0 Å². The topological polar surface area (TPSA) is 63.8 Å². The summed E-state index contributed by atoms with van der Waals surface area (Å²) < 4.78 is 1.01. The van der Waals surface area contributed by atoms with Gasteiger partial charge < -0.3 is 11.1 Å². The minimum absolute atomic E-state index is 0.659. The fourth-order valence-corrected chi connectivity index (χ4v) is 2.62. The molecule has 0 atom stereocenters.